The van der Waals surface area contributed by atoms with Crippen molar-refractivity contribution in [1.29, 1.82) is 0 Å². The summed E-state index contributed by atoms with van der Waals surface area (Å²) in [4.78, 5) is 4.15. The van der Waals surface area contributed by atoms with Gasteiger partial charge in [-0.15, -0.1) is 0 Å². The largest absolute Gasteiger partial charge is 0.256 e. The minimum absolute atomic E-state index is 0.0832. The average Bonchev–Trinajstić information content (AvgIpc) is 2.53. The van der Waals surface area contributed by atoms with Gasteiger partial charge in [0.25, 0.3) is 0 Å². The number of pyridine rings is 1. The van der Waals surface area contributed by atoms with E-state index in [4.69, 9.17) is 11.0 Å². The van der Waals surface area contributed by atoms with Crippen LogP contribution in [0.25, 0.3) is 11.3 Å². The number of aryl methyl sites for hydroxylation is 3. The maximum atomic E-state index is 8.13. The van der Waals surface area contributed by atoms with E-state index in [9.17, 15) is 0 Å². The monoisotopic (exact) mass is 233 g/mol. The number of hydrogen-bond acceptors (Lipinski definition) is 1. The number of nitrogens with zero attached hydrogens (tertiary/aromatic N) is 1. The zero-order valence-corrected chi connectivity index (χ0v) is 9.62. The molecule has 1 heteroatoms. The van der Waals surface area contributed by atoms with Gasteiger partial charge in [0.05, 0.1) is 5.69 Å². The molecule has 0 radical (unpaired) electrons. The summed E-state index contributed by atoms with van der Waals surface area (Å²) in [5.74, 6) is 0. The predicted octanol–water partition coefficient (Wildman–Crippen LogP) is 4.32. The molecule has 0 aliphatic carbocycles. The molecular formula is C16H19N. The van der Waals surface area contributed by atoms with E-state index in [0.29, 0.717) is 11.3 Å². The second-order valence-electron chi connectivity index (χ2n) is 3.72. The van der Waals surface area contributed by atoms with Crippen molar-refractivity contribution in [3.05, 3.63) is 53.2 Å². The molecule has 0 unspecified atom stereocenters. The van der Waals surface area contributed by atoms with Crippen LogP contribution in [0.5, 0.6) is 0 Å². The topological polar surface area (TPSA) is 12.9 Å². The van der Waals surface area contributed by atoms with Gasteiger partial charge in [0.2, 0.25) is 0 Å². The lowest BCUT2D eigenvalue weighted by Crippen LogP contribution is -1.93. The van der Waals surface area contributed by atoms with Crippen molar-refractivity contribution in [2.45, 2.75) is 33.4 Å². The fraction of sp³-hybridized carbons (Fsp3) is 0.312. The Morgan fingerprint density at radius 1 is 1.24 bits per heavy atom. The van der Waals surface area contributed by atoms with E-state index < -0.39 is 20.1 Å². The quantitative estimate of drug-likeness (QED) is 0.769. The first-order valence-electron chi connectivity index (χ1n) is 9.48. The second-order valence-corrected chi connectivity index (χ2v) is 3.72. The Kier molecular flexibility index (Phi) is 1.61. The molecule has 0 fully saturated rings. The Bertz CT molecular complexity index is 744. The zero-order chi connectivity index (χ0) is 19.0. The Morgan fingerprint density at radius 2 is 2.06 bits per heavy atom. The summed E-state index contributed by atoms with van der Waals surface area (Å²) in [6.07, 6.45) is -0.500. The maximum absolute atomic E-state index is 8.13. The van der Waals surface area contributed by atoms with Crippen LogP contribution in [0.1, 0.15) is 41.0 Å². The molecule has 0 amide bonds. The van der Waals surface area contributed by atoms with Gasteiger partial charge in [-0.3, -0.25) is 4.98 Å². The fourth-order valence-electron chi connectivity index (χ4n) is 1.59. The third-order valence-electron chi connectivity index (χ3n) is 2.45. The molecule has 0 atom stereocenters. The van der Waals surface area contributed by atoms with Crippen LogP contribution < -0.4 is 0 Å². The lowest BCUT2D eigenvalue weighted by atomic mass is 10.0. The van der Waals surface area contributed by atoms with Crippen LogP contribution in [-0.2, 0) is 6.37 Å². The van der Waals surface area contributed by atoms with Crippen molar-refractivity contribution < 1.29 is 11.0 Å². The van der Waals surface area contributed by atoms with Gasteiger partial charge < -0.3 is 0 Å². The highest BCUT2D eigenvalue weighted by Gasteiger charge is 2.03. The van der Waals surface area contributed by atoms with Gasteiger partial charge in [-0.25, -0.2) is 0 Å². The number of aromatic nitrogens is 1. The SMILES string of the molecule is [2H]C([2H])([2H])c1ccc(-c2cc(C([2H])([2H])CC)c(C([2H])([2H])[2H])cn2)cc1. The molecule has 88 valence electrons. The summed E-state index contributed by atoms with van der Waals surface area (Å²) < 4.78 is 61.2. The van der Waals surface area contributed by atoms with Crippen molar-refractivity contribution >= 4 is 0 Å². The normalized spacial score (nSPS) is 19.8. The highest BCUT2D eigenvalue weighted by atomic mass is 14.7. The van der Waals surface area contributed by atoms with E-state index in [1.807, 2.05) is 0 Å². The van der Waals surface area contributed by atoms with Gasteiger partial charge in [0.15, 0.2) is 0 Å². The smallest absolute Gasteiger partial charge is 0.0704 e. The van der Waals surface area contributed by atoms with Crippen LogP contribution in [-0.4, -0.2) is 4.98 Å². The molecule has 0 spiro atoms. The van der Waals surface area contributed by atoms with Crippen molar-refractivity contribution in [2.75, 3.05) is 0 Å². The Labute approximate surface area is 115 Å². The molecule has 0 N–H and O–H groups in total. The first-order chi connectivity index (χ1) is 11.4. The molecule has 0 aliphatic rings. The van der Waals surface area contributed by atoms with Crippen molar-refractivity contribution in [1.82, 2.24) is 4.98 Å². The molecule has 1 heterocycles. The van der Waals surface area contributed by atoms with Crippen LogP contribution in [0.3, 0.4) is 0 Å². The van der Waals surface area contributed by atoms with E-state index in [1.165, 1.54) is 24.4 Å². The second kappa shape index (κ2) is 5.13. The highest BCUT2D eigenvalue weighted by molar-refractivity contribution is 5.60. The average molecular weight is 233 g/mol. The third kappa shape index (κ3) is 2.73. The third-order valence-corrected chi connectivity index (χ3v) is 2.45. The zero-order valence-electron chi connectivity index (χ0n) is 17.6. The highest BCUT2D eigenvalue weighted by Crippen LogP contribution is 2.21. The van der Waals surface area contributed by atoms with E-state index >= 15 is 0 Å². The maximum Gasteiger partial charge on any atom is 0.0704 e. The van der Waals surface area contributed by atoms with Gasteiger partial charge in [-0.05, 0) is 37.3 Å². The van der Waals surface area contributed by atoms with Crippen LogP contribution in [0.15, 0.2) is 36.5 Å². The lowest BCUT2D eigenvalue weighted by molar-refractivity contribution is 0.908. The predicted molar refractivity (Wildman–Crippen MR) is 73.1 cm³/mol. The Balaban J connectivity index is 2.55. The van der Waals surface area contributed by atoms with Crippen LogP contribution in [0.4, 0.5) is 0 Å². The van der Waals surface area contributed by atoms with Crippen LogP contribution >= 0.6 is 0 Å². The molecule has 1 nitrogen and oxygen atoms in total. The number of hydrogen-bond donors (Lipinski definition) is 0. The summed E-state index contributed by atoms with van der Waals surface area (Å²) in [6, 6.07) is 7.55. The summed E-state index contributed by atoms with van der Waals surface area (Å²) in [7, 11) is 0. The van der Waals surface area contributed by atoms with Crippen molar-refractivity contribution in [2.24, 2.45) is 0 Å². The molecule has 0 bridgehead atoms. The van der Waals surface area contributed by atoms with Gasteiger partial charge in [0.1, 0.15) is 0 Å². The summed E-state index contributed by atoms with van der Waals surface area (Å²) in [6.45, 7) is -3.02. The minimum atomic E-state index is -2.46. The molecule has 2 rings (SSSR count). The summed E-state index contributed by atoms with van der Waals surface area (Å²) >= 11 is 0. The molecule has 0 saturated carbocycles. The molecule has 17 heavy (non-hydrogen) atoms. The van der Waals surface area contributed by atoms with E-state index in [0.717, 1.165) is 0 Å². The molecule has 0 saturated heterocycles. The van der Waals surface area contributed by atoms with Gasteiger partial charge >= 0.3 is 0 Å². The Morgan fingerprint density at radius 3 is 2.71 bits per heavy atom. The number of rotatable bonds is 3. The minimum Gasteiger partial charge on any atom is -0.256 e. The molecule has 0 aliphatic heterocycles. The van der Waals surface area contributed by atoms with Crippen molar-refractivity contribution in [3.8, 4) is 11.3 Å². The number of benzene rings is 1. The van der Waals surface area contributed by atoms with Crippen LogP contribution in [0.2, 0.25) is 0 Å². The first-order valence-corrected chi connectivity index (χ1v) is 5.48. The fourth-order valence-corrected chi connectivity index (χ4v) is 1.59. The van der Waals surface area contributed by atoms with E-state index in [1.54, 1.807) is 19.1 Å². The van der Waals surface area contributed by atoms with E-state index in [2.05, 4.69) is 4.98 Å². The van der Waals surface area contributed by atoms with Gasteiger partial charge in [0, 0.05) is 22.7 Å². The van der Waals surface area contributed by atoms with Crippen molar-refractivity contribution in [3.63, 3.8) is 0 Å². The molecule has 1 aromatic carbocycles. The first kappa shape index (κ1) is 5.34. The molecular weight excluding hydrogens is 206 g/mol. The summed E-state index contributed by atoms with van der Waals surface area (Å²) in [5.41, 5.74) is 1.16. The Hall–Kier alpha value is -1.63. The molecule has 1 aromatic heterocycles. The van der Waals surface area contributed by atoms with Crippen LogP contribution in [0, 0.1) is 13.7 Å². The summed E-state index contributed by atoms with van der Waals surface area (Å²) in [5, 5.41) is 0. The molecule has 2 aromatic rings. The standard InChI is InChI=1S/C16H19N/c1-4-5-15-10-16(17-11-13(15)3)14-8-6-12(2)7-9-14/h6-11H,4-5H2,1-3H3/i2D3,3D3,5D2. The van der Waals surface area contributed by atoms with Gasteiger partial charge in [-0.1, -0.05) is 43.2 Å². The van der Waals surface area contributed by atoms with Gasteiger partial charge in [-0.2, -0.15) is 0 Å². The van der Waals surface area contributed by atoms with E-state index in [-0.39, 0.29) is 23.1 Å². The lowest BCUT2D eigenvalue weighted by Gasteiger charge is -2.07.